The molecule has 0 N–H and O–H groups in total. The standard InChI is InChI=1S/C12H28N2O2/c1-8-10-14(9-2)16-11(12(3,4)5)15-13(6)7/h11H,8-10H2,1-7H3. The van der Waals surface area contributed by atoms with Crippen molar-refractivity contribution >= 4 is 0 Å². The predicted molar refractivity (Wildman–Crippen MR) is 66.6 cm³/mol. The van der Waals surface area contributed by atoms with E-state index in [9.17, 15) is 0 Å². The third-order valence-corrected chi connectivity index (χ3v) is 2.08. The SMILES string of the molecule is CCCN(CC)OC(ON(C)C)C(C)(C)C. The van der Waals surface area contributed by atoms with Crippen LogP contribution in [-0.2, 0) is 9.68 Å². The van der Waals surface area contributed by atoms with Gasteiger partial charge in [0.15, 0.2) is 0 Å². The van der Waals surface area contributed by atoms with Crippen LogP contribution < -0.4 is 0 Å². The van der Waals surface area contributed by atoms with Crippen LogP contribution in [0.2, 0.25) is 0 Å². The van der Waals surface area contributed by atoms with Crippen molar-refractivity contribution in [3.05, 3.63) is 0 Å². The topological polar surface area (TPSA) is 24.9 Å². The second-order valence-electron chi connectivity index (χ2n) is 5.24. The Morgan fingerprint density at radius 1 is 1.06 bits per heavy atom. The molecule has 1 atom stereocenters. The molecule has 0 saturated heterocycles. The van der Waals surface area contributed by atoms with Crippen LogP contribution in [0, 0.1) is 5.41 Å². The second-order valence-corrected chi connectivity index (χ2v) is 5.24. The zero-order chi connectivity index (χ0) is 12.8. The fourth-order valence-electron chi connectivity index (χ4n) is 1.20. The Hall–Kier alpha value is -0.160. The lowest BCUT2D eigenvalue weighted by molar-refractivity contribution is -0.365. The van der Waals surface area contributed by atoms with E-state index < -0.39 is 0 Å². The molecule has 0 aromatic carbocycles. The van der Waals surface area contributed by atoms with Crippen LogP contribution in [0.25, 0.3) is 0 Å². The van der Waals surface area contributed by atoms with Gasteiger partial charge in [-0.2, -0.15) is 10.1 Å². The minimum Gasteiger partial charge on any atom is -0.265 e. The monoisotopic (exact) mass is 232 g/mol. The largest absolute Gasteiger partial charge is 0.265 e. The summed E-state index contributed by atoms with van der Waals surface area (Å²) in [6.45, 7) is 12.4. The molecule has 0 rings (SSSR count). The molecular weight excluding hydrogens is 204 g/mol. The van der Waals surface area contributed by atoms with E-state index in [1.54, 1.807) is 5.06 Å². The molecule has 0 aliphatic carbocycles. The van der Waals surface area contributed by atoms with E-state index in [1.165, 1.54) is 0 Å². The molecule has 0 amide bonds. The molecule has 0 spiro atoms. The summed E-state index contributed by atoms with van der Waals surface area (Å²) in [6.07, 6.45) is 0.821. The quantitative estimate of drug-likeness (QED) is 0.497. The summed E-state index contributed by atoms with van der Waals surface area (Å²) < 4.78 is 0. The minimum atomic E-state index is -0.256. The zero-order valence-electron chi connectivity index (χ0n) is 11.9. The smallest absolute Gasteiger partial charge is 0.202 e. The summed E-state index contributed by atoms with van der Waals surface area (Å²) >= 11 is 0. The van der Waals surface area contributed by atoms with Gasteiger partial charge in [-0.1, -0.05) is 34.6 Å². The minimum absolute atomic E-state index is 0.0502. The van der Waals surface area contributed by atoms with Crippen LogP contribution in [0.5, 0.6) is 0 Å². The Labute approximate surface area is 100 Å². The highest BCUT2D eigenvalue weighted by Gasteiger charge is 2.29. The molecule has 0 aliphatic heterocycles. The van der Waals surface area contributed by atoms with Gasteiger partial charge < -0.3 is 0 Å². The van der Waals surface area contributed by atoms with Gasteiger partial charge in [-0.25, -0.2) is 0 Å². The summed E-state index contributed by atoms with van der Waals surface area (Å²) in [5.74, 6) is 0. The Morgan fingerprint density at radius 3 is 1.94 bits per heavy atom. The molecule has 0 fully saturated rings. The highest BCUT2D eigenvalue weighted by Crippen LogP contribution is 2.24. The van der Waals surface area contributed by atoms with Crippen molar-refractivity contribution in [3.8, 4) is 0 Å². The first-order valence-electron chi connectivity index (χ1n) is 6.07. The number of hydrogen-bond acceptors (Lipinski definition) is 4. The van der Waals surface area contributed by atoms with E-state index in [2.05, 4.69) is 34.6 Å². The third kappa shape index (κ3) is 6.43. The molecule has 0 aliphatic rings. The average molecular weight is 232 g/mol. The zero-order valence-corrected chi connectivity index (χ0v) is 11.9. The molecule has 1 unspecified atom stereocenters. The van der Waals surface area contributed by atoms with E-state index >= 15 is 0 Å². The normalized spacial score (nSPS) is 14.8. The lowest BCUT2D eigenvalue weighted by atomic mass is 9.96. The van der Waals surface area contributed by atoms with Crippen molar-refractivity contribution < 1.29 is 9.68 Å². The van der Waals surface area contributed by atoms with E-state index in [-0.39, 0.29) is 11.7 Å². The summed E-state index contributed by atoms with van der Waals surface area (Å²) in [6, 6.07) is 0. The summed E-state index contributed by atoms with van der Waals surface area (Å²) in [4.78, 5) is 11.5. The van der Waals surface area contributed by atoms with Gasteiger partial charge in [-0.15, -0.1) is 0 Å². The van der Waals surface area contributed by atoms with Crippen LogP contribution in [0.3, 0.4) is 0 Å². The van der Waals surface area contributed by atoms with Gasteiger partial charge in [0.2, 0.25) is 6.29 Å². The van der Waals surface area contributed by atoms with Crippen molar-refractivity contribution in [2.24, 2.45) is 5.41 Å². The highest BCUT2D eigenvalue weighted by molar-refractivity contribution is 4.65. The van der Waals surface area contributed by atoms with Crippen LogP contribution in [0.1, 0.15) is 41.0 Å². The molecule has 0 radical (unpaired) electrons. The van der Waals surface area contributed by atoms with Crippen molar-refractivity contribution in [1.29, 1.82) is 0 Å². The predicted octanol–water partition coefficient (Wildman–Crippen LogP) is 2.52. The third-order valence-electron chi connectivity index (χ3n) is 2.08. The molecular formula is C12H28N2O2. The van der Waals surface area contributed by atoms with Crippen molar-refractivity contribution in [1.82, 2.24) is 10.1 Å². The van der Waals surface area contributed by atoms with Crippen molar-refractivity contribution in [2.75, 3.05) is 27.2 Å². The van der Waals surface area contributed by atoms with Gasteiger partial charge in [0, 0.05) is 32.6 Å². The fraction of sp³-hybridized carbons (Fsp3) is 1.00. The van der Waals surface area contributed by atoms with Crippen LogP contribution >= 0.6 is 0 Å². The van der Waals surface area contributed by atoms with Gasteiger partial charge in [0.05, 0.1) is 0 Å². The molecule has 0 heterocycles. The Balaban J connectivity index is 4.40. The number of hydroxylamine groups is 4. The lowest BCUT2D eigenvalue weighted by Gasteiger charge is -2.35. The summed E-state index contributed by atoms with van der Waals surface area (Å²) in [5.41, 5.74) is -0.0502. The maximum absolute atomic E-state index is 5.88. The van der Waals surface area contributed by atoms with Gasteiger partial charge >= 0.3 is 0 Å². The first-order valence-corrected chi connectivity index (χ1v) is 6.07. The number of rotatable bonds is 7. The lowest BCUT2D eigenvalue weighted by Crippen LogP contribution is -2.42. The van der Waals surface area contributed by atoms with Crippen molar-refractivity contribution in [2.45, 2.75) is 47.3 Å². The first kappa shape index (κ1) is 15.8. The molecule has 0 aromatic heterocycles. The maximum atomic E-state index is 5.88. The number of nitrogens with zero attached hydrogens (tertiary/aromatic N) is 2. The Morgan fingerprint density at radius 2 is 1.62 bits per heavy atom. The van der Waals surface area contributed by atoms with E-state index in [1.807, 2.05) is 19.2 Å². The van der Waals surface area contributed by atoms with Gasteiger partial charge in [-0.3, -0.25) is 9.68 Å². The first-order chi connectivity index (χ1) is 7.31. The van der Waals surface area contributed by atoms with Gasteiger partial charge in [-0.05, 0) is 6.42 Å². The molecule has 16 heavy (non-hydrogen) atoms. The molecule has 0 bridgehead atoms. The number of hydrogen-bond donors (Lipinski definition) is 0. The summed E-state index contributed by atoms with van der Waals surface area (Å²) in [7, 11) is 3.75. The van der Waals surface area contributed by atoms with Gasteiger partial charge in [0.25, 0.3) is 0 Å². The molecule has 0 saturated carbocycles. The van der Waals surface area contributed by atoms with Crippen LogP contribution in [0.4, 0.5) is 0 Å². The Bertz CT molecular complexity index is 178. The maximum Gasteiger partial charge on any atom is 0.202 e. The fourth-order valence-corrected chi connectivity index (χ4v) is 1.20. The van der Waals surface area contributed by atoms with E-state index in [0.29, 0.717) is 0 Å². The van der Waals surface area contributed by atoms with Crippen LogP contribution in [-0.4, -0.2) is 43.6 Å². The molecule has 4 nitrogen and oxygen atoms in total. The van der Waals surface area contributed by atoms with Gasteiger partial charge in [0.1, 0.15) is 0 Å². The van der Waals surface area contributed by atoms with E-state index in [0.717, 1.165) is 19.5 Å². The van der Waals surface area contributed by atoms with Crippen LogP contribution in [0.15, 0.2) is 0 Å². The molecule has 98 valence electrons. The molecule has 4 heteroatoms. The summed E-state index contributed by atoms with van der Waals surface area (Å²) in [5, 5.41) is 3.65. The average Bonchev–Trinajstić information content (AvgIpc) is 2.13. The highest BCUT2D eigenvalue weighted by atomic mass is 16.9. The van der Waals surface area contributed by atoms with E-state index in [4.69, 9.17) is 9.68 Å². The second kappa shape index (κ2) is 7.22. The Kier molecular flexibility index (Phi) is 7.15. The van der Waals surface area contributed by atoms with Crippen molar-refractivity contribution in [3.63, 3.8) is 0 Å². The molecule has 0 aromatic rings.